The molecule has 0 atom stereocenters. The first kappa shape index (κ1) is 16.3. The van der Waals surface area contributed by atoms with Gasteiger partial charge in [-0.15, -0.1) is 0 Å². The molecular formula is C13H14BrClN2O3S. The van der Waals surface area contributed by atoms with E-state index in [0.717, 1.165) is 12.0 Å². The van der Waals surface area contributed by atoms with Gasteiger partial charge in [-0.1, -0.05) is 52.1 Å². The molecule has 0 aliphatic heterocycles. The Kier molecular flexibility index (Phi) is 4.95. The Labute approximate surface area is 136 Å². The highest BCUT2D eigenvalue weighted by Crippen LogP contribution is 2.29. The number of benzene rings is 1. The van der Waals surface area contributed by atoms with Gasteiger partial charge in [0.25, 0.3) is 15.9 Å². The molecular weight excluding hydrogens is 380 g/mol. The molecule has 1 aromatic carbocycles. The van der Waals surface area contributed by atoms with Gasteiger partial charge in [0, 0.05) is 4.47 Å². The van der Waals surface area contributed by atoms with Crippen molar-refractivity contribution >= 4 is 43.4 Å². The number of aryl methyl sites for hydroxylation is 2. The Hall–Kier alpha value is -1.05. The van der Waals surface area contributed by atoms with Gasteiger partial charge in [-0.2, -0.15) is 0 Å². The van der Waals surface area contributed by atoms with Crippen LogP contribution in [-0.4, -0.2) is 13.6 Å². The molecule has 0 aliphatic carbocycles. The third-order valence-corrected chi connectivity index (χ3v) is 5.21. The van der Waals surface area contributed by atoms with Crippen LogP contribution in [0.2, 0.25) is 5.02 Å². The van der Waals surface area contributed by atoms with E-state index in [0.29, 0.717) is 16.6 Å². The minimum atomic E-state index is -3.80. The van der Waals surface area contributed by atoms with E-state index in [1.807, 2.05) is 13.0 Å². The summed E-state index contributed by atoms with van der Waals surface area (Å²) in [5.41, 5.74) is 1.16. The summed E-state index contributed by atoms with van der Waals surface area (Å²) in [4.78, 5) is 0.198. The summed E-state index contributed by atoms with van der Waals surface area (Å²) in [7, 11) is -3.80. The number of halogens is 2. The molecule has 1 N–H and O–H groups in total. The van der Waals surface area contributed by atoms with Crippen LogP contribution in [0, 0.1) is 6.92 Å². The molecule has 1 heterocycles. The van der Waals surface area contributed by atoms with Crippen LogP contribution in [0.25, 0.3) is 0 Å². The van der Waals surface area contributed by atoms with Gasteiger partial charge in [0.1, 0.15) is 10.7 Å². The minimum absolute atomic E-state index is 0.0726. The first-order chi connectivity index (χ1) is 9.85. The van der Waals surface area contributed by atoms with E-state index in [4.69, 9.17) is 16.1 Å². The lowest BCUT2D eigenvalue weighted by molar-refractivity contribution is 0.430. The Morgan fingerprint density at radius 2 is 2.14 bits per heavy atom. The molecule has 2 rings (SSSR count). The van der Waals surface area contributed by atoms with Crippen molar-refractivity contribution in [2.75, 3.05) is 4.72 Å². The second-order valence-corrected chi connectivity index (χ2v) is 7.46. The summed E-state index contributed by atoms with van der Waals surface area (Å²) in [6, 6.07) is 5.16. The fraction of sp³-hybridized carbons (Fsp3) is 0.308. The SMILES string of the molecule is CCCc1ccc(Br)cc1S(=O)(=O)Nc1onc(C)c1Cl. The molecule has 5 nitrogen and oxygen atoms in total. The van der Waals surface area contributed by atoms with Gasteiger partial charge in [0.2, 0.25) is 0 Å². The lowest BCUT2D eigenvalue weighted by Crippen LogP contribution is -2.15. The highest BCUT2D eigenvalue weighted by molar-refractivity contribution is 9.10. The first-order valence-corrected chi connectivity index (χ1v) is 8.93. The molecule has 0 spiro atoms. The number of nitrogens with one attached hydrogen (secondary N) is 1. The Morgan fingerprint density at radius 3 is 2.71 bits per heavy atom. The van der Waals surface area contributed by atoms with E-state index in [1.54, 1.807) is 19.1 Å². The predicted octanol–water partition coefficient (Wildman–Crippen LogP) is 4.15. The zero-order chi connectivity index (χ0) is 15.6. The molecule has 8 heteroatoms. The molecule has 21 heavy (non-hydrogen) atoms. The highest BCUT2D eigenvalue weighted by Gasteiger charge is 2.23. The molecule has 0 amide bonds. The maximum Gasteiger partial charge on any atom is 0.264 e. The maximum absolute atomic E-state index is 12.5. The highest BCUT2D eigenvalue weighted by atomic mass is 79.9. The van der Waals surface area contributed by atoms with Crippen LogP contribution in [0.3, 0.4) is 0 Å². The van der Waals surface area contributed by atoms with E-state index < -0.39 is 10.0 Å². The third-order valence-electron chi connectivity index (χ3n) is 2.86. The number of sulfonamides is 1. The minimum Gasteiger partial charge on any atom is -0.336 e. The number of hydrogen-bond donors (Lipinski definition) is 1. The molecule has 0 aliphatic rings. The lowest BCUT2D eigenvalue weighted by atomic mass is 10.1. The zero-order valence-electron chi connectivity index (χ0n) is 11.5. The topological polar surface area (TPSA) is 72.2 Å². The van der Waals surface area contributed by atoms with Crippen LogP contribution in [0.5, 0.6) is 0 Å². The van der Waals surface area contributed by atoms with Crippen LogP contribution < -0.4 is 4.72 Å². The van der Waals surface area contributed by atoms with Gasteiger partial charge in [0.15, 0.2) is 0 Å². The van der Waals surface area contributed by atoms with Crippen molar-refractivity contribution in [3.05, 3.63) is 39.0 Å². The fourth-order valence-electron chi connectivity index (χ4n) is 1.85. The van der Waals surface area contributed by atoms with Crippen LogP contribution in [0.4, 0.5) is 5.88 Å². The first-order valence-electron chi connectivity index (χ1n) is 6.28. The molecule has 0 saturated heterocycles. The summed E-state index contributed by atoms with van der Waals surface area (Å²) in [6.07, 6.45) is 1.50. The third kappa shape index (κ3) is 3.59. The van der Waals surface area contributed by atoms with Gasteiger partial charge in [-0.05, 0) is 31.0 Å². The standard InChI is InChI=1S/C13H14BrClN2O3S/c1-3-4-9-5-6-10(14)7-11(9)21(18,19)17-13-12(15)8(2)16-20-13/h5-7,17H,3-4H2,1-2H3. The van der Waals surface area contributed by atoms with E-state index in [9.17, 15) is 8.42 Å². The van der Waals surface area contributed by atoms with Crippen LogP contribution >= 0.6 is 27.5 Å². The summed E-state index contributed by atoms with van der Waals surface area (Å²) in [5, 5.41) is 3.79. The number of anilines is 1. The molecule has 2 aromatic rings. The normalized spacial score (nSPS) is 11.6. The zero-order valence-corrected chi connectivity index (χ0v) is 14.6. The smallest absolute Gasteiger partial charge is 0.264 e. The fourth-order valence-corrected chi connectivity index (χ4v) is 3.83. The van der Waals surface area contributed by atoms with E-state index >= 15 is 0 Å². The Balaban J connectivity index is 2.44. The average Bonchev–Trinajstić information content (AvgIpc) is 2.72. The summed E-state index contributed by atoms with van der Waals surface area (Å²) in [5.74, 6) is -0.0726. The number of hydrogen-bond acceptors (Lipinski definition) is 4. The average molecular weight is 394 g/mol. The van der Waals surface area contributed by atoms with E-state index in [-0.39, 0.29) is 15.8 Å². The Bertz CT molecular complexity index is 759. The van der Waals surface area contributed by atoms with E-state index in [1.165, 1.54) is 0 Å². The summed E-state index contributed by atoms with van der Waals surface area (Å²) < 4.78 is 33.0. The summed E-state index contributed by atoms with van der Waals surface area (Å²) >= 11 is 9.23. The summed E-state index contributed by atoms with van der Waals surface area (Å²) in [6.45, 7) is 3.62. The second kappa shape index (κ2) is 6.37. The maximum atomic E-state index is 12.5. The second-order valence-electron chi connectivity index (χ2n) is 4.52. The van der Waals surface area contributed by atoms with Gasteiger partial charge < -0.3 is 4.52 Å². The van der Waals surface area contributed by atoms with Crippen LogP contribution in [0.15, 0.2) is 32.1 Å². The van der Waals surface area contributed by atoms with E-state index in [2.05, 4.69) is 25.8 Å². The molecule has 0 bridgehead atoms. The number of aromatic nitrogens is 1. The molecule has 114 valence electrons. The van der Waals surface area contributed by atoms with Crippen molar-refractivity contribution in [2.24, 2.45) is 0 Å². The molecule has 0 fully saturated rings. The Morgan fingerprint density at radius 1 is 1.43 bits per heavy atom. The van der Waals surface area contributed by atoms with Gasteiger partial charge in [0.05, 0.1) is 4.90 Å². The van der Waals surface area contributed by atoms with Gasteiger partial charge >= 0.3 is 0 Å². The van der Waals surface area contributed by atoms with Crippen molar-refractivity contribution in [2.45, 2.75) is 31.6 Å². The van der Waals surface area contributed by atoms with Crippen molar-refractivity contribution in [3.63, 3.8) is 0 Å². The quantitative estimate of drug-likeness (QED) is 0.828. The predicted molar refractivity (Wildman–Crippen MR) is 85.2 cm³/mol. The van der Waals surface area contributed by atoms with Crippen LogP contribution in [0.1, 0.15) is 24.6 Å². The molecule has 1 aromatic heterocycles. The number of rotatable bonds is 5. The van der Waals surface area contributed by atoms with Gasteiger partial charge in [-0.3, -0.25) is 0 Å². The molecule has 0 radical (unpaired) electrons. The largest absolute Gasteiger partial charge is 0.336 e. The van der Waals surface area contributed by atoms with Gasteiger partial charge in [-0.25, -0.2) is 13.1 Å². The van der Waals surface area contributed by atoms with Crippen molar-refractivity contribution in [1.82, 2.24) is 5.16 Å². The van der Waals surface area contributed by atoms with Crippen molar-refractivity contribution in [3.8, 4) is 0 Å². The molecule has 0 unspecified atom stereocenters. The lowest BCUT2D eigenvalue weighted by Gasteiger charge is -2.11. The van der Waals surface area contributed by atoms with Crippen molar-refractivity contribution < 1.29 is 12.9 Å². The van der Waals surface area contributed by atoms with Crippen LogP contribution in [-0.2, 0) is 16.4 Å². The monoisotopic (exact) mass is 392 g/mol. The van der Waals surface area contributed by atoms with Crippen molar-refractivity contribution in [1.29, 1.82) is 0 Å². The number of nitrogens with zero attached hydrogens (tertiary/aromatic N) is 1. The molecule has 0 saturated carbocycles.